The summed E-state index contributed by atoms with van der Waals surface area (Å²) >= 11 is 0. The van der Waals surface area contributed by atoms with Gasteiger partial charge in [0.15, 0.2) is 0 Å². The van der Waals surface area contributed by atoms with Crippen molar-refractivity contribution in [2.75, 3.05) is 23.3 Å². The first kappa shape index (κ1) is 23.8. The van der Waals surface area contributed by atoms with E-state index in [0.29, 0.717) is 13.1 Å². The van der Waals surface area contributed by atoms with E-state index in [2.05, 4.69) is 5.32 Å². The highest BCUT2D eigenvalue weighted by Crippen LogP contribution is 2.36. The molecule has 2 atom stereocenters. The standard InChI is InChI=1S/C20H21F4N3O4S/c1-12-10-27(11-13(2)31-12)17-8-7-14(20(22,23)24)9-16(17)25-19(28)26-32(29,30)18-6-4-3-5-15(18)21/h3-9,12-13H,10-11H2,1-2H3,(H2,25,26,28)/t12-,13+. The molecule has 1 aliphatic heterocycles. The quantitative estimate of drug-likeness (QED) is 0.654. The van der Waals surface area contributed by atoms with E-state index < -0.39 is 38.5 Å². The molecule has 32 heavy (non-hydrogen) atoms. The number of anilines is 2. The van der Waals surface area contributed by atoms with Gasteiger partial charge in [-0.15, -0.1) is 0 Å². The van der Waals surface area contributed by atoms with Crippen LogP contribution in [0.4, 0.5) is 33.7 Å². The Labute approximate surface area is 182 Å². The van der Waals surface area contributed by atoms with Gasteiger partial charge in [-0.05, 0) is 44.2 Å². The number of benzene rings is 2. The van der Waals surface area contributed by atoms with E-state index in [-0.39, 0.29) is 23.6 Å². The number of rotatable bonds is 4. The van der Waals surface area contributed by atoms with Crippen molar-refractivity contribution >= 4 is 27.4 Å². The number of sulfonamides is 1. The van der Waals surface area contributed by atoms with Crippen molar-refractivity contribution in [1.29, 1.82) is 0 Å². The molecule has 2 aromatic carbocycles. The first-order valence-corrected chi connectivity index (χ1v) is 11.0. The second-order valence-corrected chi connectivity index (χ2v) is 9.03. The van der Waals surface area contributed by atoms with Crippen molar-refractivity contribution in [3.8, 4) is 0 Å². The van der Waals surface area contributed by atoms with Gasteiger partial charge in [0, 0.05) is 13.1 Å². The molecule has 0 unspecified atom stereocenters. The Balaban J connectivity index is 1.91. The third kappa shape index (κ3) is 5.49. The van der Waals surface area contributed by atoms with E-state index in [1.54, 1.807) is 23.5 Å². The van der Waals surface area contributed by atoms with E-state index >= 15 is 0 Å². The average Bonchev–Trinajstić information content (AvgIpc) is 2.66. The van der Waals surface area contributed by atoms with Crippen LogP contribution in [0.1, 0.15) is 19.4 Å². The smallest absolute Gasteiger partial charge is 0.372 e. The maximum Gasteiger partial charge on any atom is 0.416 e. The number of hydrogen-bond donors (Lipinski definition) is 2. The third-order valence-corrected chi connectivity index (χ3v) is 6.05. The van der Waals surface area contributed by atoms with Gasteiger partial charge in [-0.25, -0.2) is 22.3 Å². The van der Waals surface area contributed by atoms with Crippen molar-refractivity contribution in [2.24, 2.45) is 0 Å². The molecular formula is C20H21F4N3O4S. The van der Waals surface area contributed by atoms with Crippen LogP contribution in [-0.2, 0) is 20.9 Å². The summed E-state index contributed by atoms with van der Waals surface area (Å²) in [6, 6.07) is 5.86. The van der Waals surface area contributed by atoms with Crippen LogP contribution in [0.25, 0.3) is 0 Å². The molecule has 3 rings (SSSR count). The molecule has 12 heteroatoms. The van der Waals surface area contributed by atoms with E-state index in [1.165, 1.54) is 18.2 Å². The van der Waals surface area contributed by atoms with Crippen LogP contribution in [0.2, 0.25) is 0 Å². The number of hydrogen-bond acceptors (Lipinski definition) is 5. The number of alkyl halides is 3. The van der Waals surface area contributed by atoms with Crippen molar-refractivity contribution < 1.29 is 35.5 Å². The molecule has 2 amide bonds. The second kappa shape index (κ2) is 8.94. The maximum atomic E-state index is 13.8. The molecular weight excluding hydrogens is 454 g/mol. The van der Waals surface area contributed by atoms with E-state index in [0.717, 1.165) is 24.3 Å². The number of amides is 2. The lowest BCUT2D eigenvalue weighted by atomic mass is 10.1. The summed E-state index contributed by atoms with van der Waals surface area (Å²) in [5.74, 6) is -1.08. The van der Waals surface area contributed by atoms with Crippen molar-refractivity contribution in [3.05, 3.63) is 53.8 Å². The number of nitrogens with zero attached hydrogens (tertiary/aromatic N) is 1. The molecule has 7 nitrogen and oxygen atoms in total. The summed E-state index contributed by atoms with van der Waals surface area (Å²) in [6.45, 7) is 4.29. The number of ether oxygens (including phenoxy) is 1. The molecule has 1 saturated heterocycles. The van der Waals surface area contributed by atoms with Crippen molar-refractivity contribution in [3.63, 3.8) is 0 Å². The summed E-state index contributed by atoms with van der Waals surface area (Å²) in [5.41, 5.74) is -1.01. The number of carbonyl (C=O) groups is 1. The molecule has 1 fully saturated rings. The van der Waals surface area contributed by atoms with Crippen molar-refractivity contribution in [1.82, 2.24) is 4.72 Å². The summed E-state index contributed by atoms with van der Waals surface area (Å²) in [5, 5.41) is 2.16. The predicted octanol–water partition coefficient (Wildman–Crippen LogP) is 3.97. The van der Waals surface area contributed by atoms with Gasteiger partial charge in [-0.2, -0.15) is 13.2 Å². The molecule has 1 aliphatic rings. The molecule has 0 spiro atoms. The van der Waals surface area contributed by atoms with Crippen LogP contribution in [0.3, 0.4) is 0 Å². The largest absolute Gasteiger partial charge is 0.416 e. The molecule has 2 N–H and O–H groups in total. The minimum Gasteiger partial charge on any atom is -0.372 e. The van der Waals surface area contributed by atoms with Gasteiger partial charge in [0.2, 0.25) is 0 Å². The summed E-state index contributed by atoms with van der Waals surface area (Å²) in [6.07, 6.45) is -5.12. The van der Waals surface area contributed by atoms with Crippen LogP contribution >= 0.6 is 0 Å². The van der Waals surface area contributed by atoms with Crippen LogP contribution in [0, 0.1) is 5.82 Å². The third-order valence-electron chi connectivity index (χ3n) is 4.69. The van der Waals surface area contributed by atoms with Gasteiger partial charge in [0.05, 0.1) is 29.1 Å². The van der Waals surface area contributed by atoms with E-state index in [1.807, 2.05) is 0 Å². The summed E-state index contributed by atoms with van der Waals surface area (Å²) in [7, 11) is -4.60. The minimum atomic E-state index is -4.68. The Morgan fingerprint density at radius 2 is 1.72 bits per heavy atom. The normalized spacial score (nSPS) is 19.5. The van der Waals surface area contributed by atoms with Gasteiger partial charge < -0.3 is 15.0 Å². The molecule has 0 radical (unpaired) electrons. The minimum absolute atomic E-state index is 0.218. The topological polar surface area (TPSA) is 87.7 Å². The van der Waals surface area contributed by atoms with Gasteiger partial charge in [-0.3, -0.25) is 0 Å². The summed E-state index contributed by atoms with van der Waals surface area (Å²) < 4.78 is 85.5. The molecule has 1 heterocycles. The number of morpholine rings is 1. The Morgan fingerprint density at radius 3 is 2.31 bits per heavy atom. The SMILES string of the molecule is C[C@@H]1CN(c2ccc(C(F)(F)F)cc2NC(=O)NS(=O)(=O)c2ccccc2F)C[C@H](C)O1. The van der Waals surface area contributed by atoms with Crippen molar-refractivity contribution in [2.45, 2.75) is 37.1 Å². The first-order chi connectivity index (χ1) is 14.9. The van der Waals surface area contributed by atoms with Gasteiger partial charge in [0.1, 0.15) is 10.7 Å². The zero-order valence-electron chi connectivity index (χ0n) is 17.1. The first-order valence-electron chi connectivity index (χ1n) is 9.57. The van der Waals surface area contributed by atoms with Crippen LogP contribution in [0.15, 0.2) is 47.4 Å². The zero-order valence-corrected chi connectivity index (χ0v) is 17.9. The van der Waals surface area contributed by atoms with Crippen LogP contribution in [-0.4, -0.2) is 39.7 Å². The lowest BCUT2D eigenvalue weighted by Crippen LogP contribution is -2.46. The number of urea groups is 1. The Morgan fingerprint density at radius 1 is 1.09 bits per heavy atom. The highest BCUT2D eigenvalue weighted by molar-refractivity contribution is 7.90. The molecule has 2 aromatic rings. The fourth-order valence-electron chi connectivity index (χ4n) is 3.45. The van der Waals surface area contributed by atoms with E-state index in [4.69, 9.17) is 4.74 Å². The summed E-state index contributed by atoms with van der Waals surface area (Å²) in [4.78, 5) is 13.4. The zero-order chi connectivity index (χ0) is 23.7. The number of nitrogens with one attached hydrogen (secondary N) is 2. The lowest BCUT2D eigenvalue weighted by molar-refractivity contribution is -0.137. The molecule has 0 saturated carbocycles. The molecule has 0 aliphatic carbocycles. The molecule has 0 bridgehead atoms. The maximum absolute atomic E-state index is 13.8. The Kier molecular flexibility index (Phi) is 6.65. The molecule has 0 aromatic heterocycles. The average molecular weight is 475 g/mol. The lowest BCUT2D eigenvalue weighted by Gasteiger charge is -2.37. The predicted molar refractivity (Wildman–Crippen MR) is 109 cm³/mol. The van der Waals surface area contributed by atoms with Gasteiger partial charge in [-0.1, -0.05) is 12.1 Å². The van der Waals surface area contributed by atoms with Crippen LogP contribution in [0.5, 0.6) is 0 Å². The van der Waals surface area contributed by atoms with Crippen LogP contribution < -0.4 is 14.9 Å². The Bertz CT molecular complexity index is 1100. The second-order valence-electron chi connectivity index (χ2n) is 7.38. The fraction of sp³-hybridized carbons (Fsp3) is 0.350. The highest BCUT2D eigenvalue weighted by Gasteiger charge is 2.33. The number of carbonyl (C=O) groups excluding carboxylic acids is 1. The highest BCUT2D eigenvalue weighted by atomic mass is 32.2. The van der Waals surface area contributed by atoms with Gasteiger partial charge >= 0.3 is 12.2 Å². The van der Waals surface area contributed by atoms with E-state index in [9.17, 15) is 30.8 Å². The number of halogens is 4. The monoisotopic (exact) mass is 475 g/mol. The van der Waals surface area contributed by atoms with Gasteiger partial charge in [0.25, 0.3) is 10.0 Å². The molecule has 174 valence electrons. The fourth-order valence-corrected chi connectivity index (χ4v) is 4.44. The Hall–Kier alpha value is -2.86.